The van der Waals surface area contributed by atoms with Crippen LogP contribution in [0.25, 0.3) is 49.2 Å². The monoisotopic (exact) mass is 434 g/mol. The van der Waals surface area contributed by atoms with Crippen LogP contribution in [-0.2, 0) is 7.05 Å². The van der Waals surface area contributed by atoms with E-state index in [2.05, 4.69) is 4.85 Å². The minimum absolute atomic E-state index is 0.163. The molecule has 0 fully saturated rings. The molecule has 0 aliphatic heterocycles. The first-order valence-electron chi connectivity index (χ1n) is 12.5. The summed E-state index contributed by atoms with van der Waals surface area (Å²) in [6, 6.07) is 18.1. The number of rotatable bonds is 3. The van der Waals surface area contributed by atoms with Crippen molar-refractivity contribution in [3.8, 4) is 22.4 Å². The molecule has 0 unspecified atom stereocenters. The van der Waals surface area contributed by atoms with Crippen LogP contribution >= 0.6 is 0 Å². The zero-order valence-corrected chi connectivity index (χ0v) is 19.5. The van der Waals surface area contributed by atoms with E-state index in [1.54, 1.807) is 19.9 Å². The fourth-order valence-corrected chi connectivity index (χ4v) is 4.36. The molecule has 3 heteroatoms. The Kier molecular flexibility index (Phi) is 4.22. The van der Waals surface area contributed by atoms with Crippen molar-refractivity contribution in [2.75, 3.05) is 0 Å². The van der Waals surface area contributed by atoms with Crippen molar-refractivity contribution in [2.24, 2.45) is 7.05 Å². The minimum atomic E-state index is -1.10. The standard InChI is InChI=1S/C30H27N2O/c1-18(2)22-14-20(4)32(6)27(15-22)29-19(3)12-13-23-25-16-24(21-10-8-7-9-11-21)26(31-5)17-28(25)33-30(23)29/h7-18H,1-4,6H3/q+1/i14D,15D,18D. The Labute approximate surface area is 199 Å². The SMILES string of the molecule is [2H]c1c(C([2H])(C)C)c([2H])c(-c2c(C)ccc3c2oc2cc([N+]#[C-])c(-c4ccccc4)cc23)[n+](C)c1C. The van der Waals surface area contributed by atoms with Crippen molar-refractivity contribution >= 4 is 27.6 Å². The van der Waals surface area contributed by atoms with Gasteiger partial charge in [0.05, 0.1) is 14.9 Å². The van der Waals surface area contributed by atoms with Gasteiger partial charge in [-0.2, -0.15) is 4.57 Å². The van der Waals surface area contributed by atoms with E-state index in [0.717, 1.165) is 33.0 Å². The summed E-state index contributed by atoms with van der Waals surface area (Å²) in [5.41, 5.74) is 7.00. The van der Waals surface area contributed by atoms with Gasteiger partial charge in [-0.1, -0.05) is 62.4 Å². The second-order valence-electron chi connectivity index (χ2n) is 8.70. The van der Waals surface area contributed by atoms with Gasteiger partial charge in [-0.25, -0.2) is 4.85 Å². The Bertz CT molecular complexity index is 1720. The largest absolute Gasteiger partial charge is 0.456 e. The lowest BCUT2D eigenvalue weighted by Crippen LogP contribution is -2.35. The number of aryl methyl sites for hydroxylation is 1. The van der Waals surface area contributed by atoms with Crippen LogP contribution in [0.15, 0.2) is 71.1 Å². The molecule has 0 spiro atoms. The van der Waals surface area contributed by atoms with E-state index in [0.29, 0.717) is 33.8 Å². The zero-order valence-electron chi connectivity index (χ0n) is 22.5. The van der Waals surface area contributed by atoms with Crippen molar-refractivity contribution in [3.05, 3.63) is 94.9 Å². The lowest BCUT2D eigenvalue weighted by Gasteiger charge is -2.11. The highest BCUT2D eigenvalue weighted by molar-refractivity contribution is 6.12. The van der Waals surface area contributed by atoms with Crippen LogP contribution in [0.1, 0.15) is 40.7 Å². The maximum atomic E-state index is 9.09. The molecule has 0 aliphatic carbocycles. The molecule has 2 aromatic heterocycles. The third-order valence-corrected chi connectivity index (χ3v) is 6.30. The molecule has 162 valence electrons. The first-order valence-corrected chi connectivity index (χ1v) is 11.0. The number of nitrogens with zero attached hydrogens (tertiary/aromatic N) is 2. The average molecular weight is 435 g/mol. The van der Waals surface area contributed by atoms with E-state index >= 15 is 0 Å². The Morgan fingerprint density at radius 3 is 2.48 bits per heavy atom. The highest BCUT2D eigenvalue weighted by atomic mass is 16.3. The molecular formula is C30H27N2O+. The van der Waals surface area contributed by atoms with Crippen molar-refractivity contribution < 1.29 is 13.1 Å². The summed E-state index contributed by atoms with van der Waals surface area (Å²) in [5, 5.41) is 1.81. The number of fused-ring (bicyclic) bond motifs is 3. The maximum absolute atomic E-state index is 9.09. The number of hydrogen-bond donors (Lipinski definition) is 0. The predicted octanol–water partition coefficient (Wildman–Crippen LogP) is 8.04. The normalized spacial score (nSPS) is 13.0. The van der Waals surface area contributed by atoms with Gasteiger partial charge < -0.3 is 4.42 Å². The van der Waals surface area contributed by atoms with Crippen LogP contribution in [0.3, 0.4) is 0 Å². The second-order valence-corrected chi connectivity index (χ2v) is 8.70. The van der Waals surface area contributed by atoms with E-state index in [1.165, 1.54) is 0 Å². The van der Waals surface area contributed by atoms with Crippen LogP contribution in [0.5, 0.6) is 0 Å². The first-order chi connectivity index (χ1) is 17.0. The van der Waals surface area contributed by atoms with E-state index < -0.39 is 5.89 Å². The molecular weight excluding hydrogens is 404 g/mol. The van der Waals surface area contributed by atoms with Crippen LogP contribution in [0, 0.1) is 20.4 Å². The van der Waals surface area contributed by atoms with E-state index in [1.807, 2.05) is 74.0 Å². The Morgan fingerprint density at radius 2 is 1.79 bits per heavy atom. The van der Waals surface area contributed by atoms with Crippen LogP contribution in [-0.4, -0.2) is 0 Å². The molecule has 3 nitrogen and oxygen atoms in total. The lowest BCUT2D eigenvalue weighted by molar-refractivity contribution is -0.666. The summed E-state index contributed by atoms with van der Waals surface area (Å²) in [4.78, 5) is 3.77. The topological polar surface area (TPSA) is 21.4 Å². The number of pyridine rings is 1. The fourth-order valence-electron chi connectivity index (χ4n) is 4.36. The Hall–Kier alpha value is -3.90. The lowest BCUT2D eigenvalue weighted by atomic mass is 9.95. The summed E-state index contributed by atoms with van der Waals surface area (Å²) >= 11 is 0. The highest BCUT2D eigenvalue weighted by Gasteiger charge is 2.24. The van der Waals surface area contributed by atoms with Gasteiger partial charge in [-0.05, 0) is 41.1 Å². The fraction of sp³-hybridized carbons (Fsp3) is 0.200. The first kappa shape index (κ1) is 17.6. The molecule has 2 heterocycles. The number of furan rings is 1. The number of aromatic nitrogens is 1. The van der Waals surface area contributed by atoms with Crippen molar-refractivity contribution in [1.82, 2.24) is 0 Å². The van der Waals surface area contributed by atoms with Crippen molar-refractivity contribution in [2.45, 2.75) is 33.6 Å². The molecule has 0 aliphatic rings. The molecule has 33 heavy (non-hydrogen) atoms. The minimum Gasteiger partial charge on any atom is -0.456 e. The van der Waals surface area contributed by atoms with Gasteiger partial charge in [0, 0.05) is 31.2 Å². The van der Waals surface area contributed by atoms with Gasteiger partial charge >= 0.3 is 0 Å². The molecule has 5 aromatic rings. The van der Waals surface area contributed by atoms with Crippen molar-refractivity contribution in [3.63, 3.8) is 0 Å². The summed E-state index contributed by atoms with van der Waals surface area (Å²) in [5.74, 6) is -1.10. The number of hydrogen-bond acceptors (Lipinski definition) is 1. The van der Waals surface area contributed by atoms with Gasteiger partial charge in [0.1, 0.15) is 18.2 Å². The molecule has 0 amide bonds. The van der Waals surface area contributed by atoms with Gasteiger partial charge in [0.25, 0.3) is 0 Å². The smallest absolute Gasteiger partial charge is 0.216 e. The molecule has 0 N–H and O–H groups in total. The zero-order chi connectivity index (χ0) is 25.9. The summed E-state index contributed by atoms with van der Waals surface area (Å²) < 4.78 is 34.6. The molecule has 0 bridgehead atoms. The second kappa shape index (κ2) is 7.90. The highest BCUT2D eigenvalue weighted by Crippen LogP contribution is 2.42. The third kappa shape index (κ3) is 3.39. The van der Waals surface area contributed by atoms with E-state index in [9.17, 15) is 0 Å². The summed E-state index contributed by atoms with van der Waals surface area (Å²) in [6.45, 7) is 15.0. The molecule has 0 radical (unpaired) electrons. The number of benzene rings is 3. The molecule has 0 saturated carbocycles. The predicted molar refractivity (Wildman–Crippen MR) is 136 cm³/mol. The average Bonchev–Trinajstić information content (AvgIpc) is 3.20. The quantitative estimate of drug-likeness (QED) is 0.208. The van der Waals surface area contributed by atoms with Gasteiger partial charge in [0.2, 0.25) is 5.69 Å². The van der Waals surface area contributed by atoms with Crippen LogP contribution in [0.4, 0.5) is 5.69 Å². The summed E-state index contributed by atoms with van der Waals surface area (Å²) in [6.07, 6.45) is 0. The Balaban J connectivity index is 1.90. The van der Waals surface area contributed by atoms with Crippen molar-refractivity contribution in [1.29, 1.82) is 0 Å². The maximum Gasteiger partial charge on any atom is 0.216 e. The van der Waals surface area contributed by atoms with Crippen LogP contribution < -0.4 is 4.57 Å². The molecule has 0 atom stereocenters. The Morgan fingerprint density at radius 1 is 1.03 bits per heavy atom. The van der Waals surface area contributed by atoms with E-state index in [-0.39, 0.29) is 12.1 Å². The third-order valence-electron chi connectivity index (χ3n) is 6.30. The summed E-state index contributed by atoms with van der Waals surface area (Å²) in [7, 11) is 1.85. The molecule has 3 aromatic carbocycles. The van der Waals surface area contributed by atoms with E-state index in [4.69, 9.17) is 15.1 Å². The van der Waals surface area contributed by atoms with Gasteiger partial charge in [-0.15, -0.1) is 0 Å². The van der Waals surface area contributed by atoms with Crippen LogP contribution in [0.2, 0.25) is 0 Å². The van der Waals surface area contributed by atoms with Gasteiger partial charge in [0.15, 0.2) is 11.4 Å². The molecule has 0 saturated heterocycles. The molecule has 5 rings (SSSR count). The van der Waals surface area contributed by atoms with Gasteiger partial charge in [-0.3, -0.25) is 0 Å².